The van der Waals surface area contributed by atoms with Crippen LogP contribution in [0.3, 0.4) is 0 Å². The first-order valence-electron chi connectivity index (χ1n) is 30.2. The molecule has 6 nitrogen and oxygen atoms in total. The van der Waals surface area contributed by atoms with Crippen molar-refractivity contribution in [1.82, 2.24) is 0 Å². The van der Waals surface area contributed by atoms with Crippen molar-refractivity contribution in [1.29, 1.82) is 0 Å². The van der Waals surface area contributed by atoms with Gasteiger partial charge in [-0.05, 0) is 44.9 Å². The van der Waals surface area contributed by atoms with Gasteiger partial charge in [0.1, 0.15) is 13.2 Å². The fraction of sp³-hybridized carbons (Fsp3) is 0.918. The highest BCUT2D eigenvalue weighted by Crippen LogP contribution is 2.18. The van der Waals surface area contributed by atoms with Crippen LogP contribution in [0.1, 0.15) is 342 Å². The van der Waals surface area contributed by atoms with Crippen LogP contribution in [0.5, 0.6) is 0 Å². The van der Waals surface area contributed by atoms with Gasteiger partial charge in [0.15, 0.2) is 6.10 Å². The Kier molecular flexibility index (Phi) is 55.2. The number of carbonyl (C=O) groups is 3. The van der Waals surface area contributed by atoms with Crippen LogP contribution < -0.4 is 0 Å². The number of ether oxygens (including phenoxy) is 3. The molecule has 67 heavy (non-hydrogen) atoms. The van der Waals surface area contributed by atoms with Crippen LogP contribution >= 0.6 is 0 Å². The van der Waals surface area contributed by atoms with Crippen LogP contribution in [0.15, 0.2) is 12.2 Å². The third-order valence-electron chi connectivity index (χ3n) is 13.8. The summed E-state index contributed by atoms with van der Waals surface area (Å²) >= 11 is 0. The lowest BCUT2D eigenvalue weighted by Gasteiger charge is -2.18. The Morgan fingerprint density at radius 2 is 0.493 bits per heavy atom. The van der Waals surface area contributed by atoms with E-state index in [9.17, 15) is 14.4 Å². The number of hydrogen-bond donors (Lipinski definition) is 0. The second-order valence-electron chi connectivity index (χ2n) is 20.6. The quantitative estimate of drug-likeness (QED) is 0.0262. The first-order chi connectivity index (χ1) is 33.0. The summed E-state index contributed by atoms with van der Waals surface area (Å²) in [7, 11) is 0. The van der Waals surface area contributed by atoms with Crippen molar-refractivity contribution in [3.8, 4) is 0 Å². The molecule has 0 amide bonds. The summed E-state index contributed by atoms with van der Waals surface area (Å²) in [4.78, 5) is 37.9. The zero-order chi connectivity index (χ0) is 48.6. The highest BCUT2D eigenvalue weighted by Gasteiger charge is 2.19. The molecule has 0 aromatic heterocycles. The van der Waals surface area contributed by atoms with Crippen LogP contribution in [0.4, 0.5) is 0 Å². The Bertz CT molecular complexity index is 1040. The van der Waals surface area contributed by atoms with Crippen molar-refractivity contribution in [2.24, 2.45) is 0 Å². The van der Waals surface area contributed by atoms with Crippen molar-refractivity contribution >= 4 is 17.9 Å². The fourth-order valence-corrected chi connectivity index (χ4v) is 9.21. The number of rotatable bonds is 56. The second kappa shape index (κ2) is 56.7. The molecular weight excluding hydrogens is 829 g/mol. The number of hydrogen-bond acceptors (Lipinski definition) is 6. The Balaban J connectivity index is 4.03. The minimum Gasteiger partial charge on any atom is -0.462 e. The molecule has 0 rings (SSSR count). The van der Waals surface area contributed by atoms with Gasteiger partial charge in [0.2, 0.25) is 0 Å². The van der Waals surface area contributed by atoms with Crippen LogP contribution in [0.2, 0.25) is 0 Å². The molecule has 0 bridgehead atoms. The molecule has 0 aliphatic heterocycles. The largest absolute Gasteiger partial charge is 0.462 e. The average Bonchev–Trinajstić information content (AvgIpc) is 3.33. The molecule has 396 valence electrons. The van der Waals surface area contributed by atoms with E-state index >= 15 is 0 Å². The molecule has 0 N–H and O–H groups in total. The smallest absolute Gasteiger partial charge is 0.306 e. The molecule has 6 heteroatoms. The summed E-state index contributed by atoms with van der Waals surface area (Å²) in [6, 6.07) is 0. The molecule has 0 radical (unpaired) electrons. The summed E-state index contributed by atoms with van der Waals surface area (Å²) in [5, 5.41) is 0. The van der Waals surface area contributed by atoms with Crippen LogP contribution in [0, 0.1) is 0 Å². The van der Waals surface area contributed by atoms with Crippen molar-refractivity contribution in [3.05, 3.63) is 12.2 Å². The lowest BCUT2D eigenvalue weighted by Crippen LogP contribution is -2.30. The molecule has 0 fully saturated rings. The van der Waals surface area contributed by atoms with E-state index in [2.05, 4.69) is 32.9 Å². The molecule has 0 heterocycles. The third-order valence-corrected chi connectivity index (χ3v) is 13.8. The van der Waals surface area contributed by atoms with E-state index in [0.717, 1.165) is 64.2 Å². The monoisotopic (exact) mass is 945 g/mol. The molecule has 0 aliphatic carbocycles. The summed E-state index contributed by atoms with van der Waals surface area (Å²) in [5.41, 5.74) is 0. The first-order valence-corrected chi connectivity index (χ1v) is 30.2. The summed E-state index contributed by atoms with van der Waals surface area (Å²) in [6.07, 6.45) is 65.3. The Morgan fingerprint density at radius 3 is 0.746 bits per heavy atom. The van der Waals surface area contributed by atoms with Gasteiger partial charge in [0, 0.05) is 19.3 Å². The van der Waals surface area contributed by atoms with Gasteiger partial charge in [-0.2, -0.15) is 0 Å². The van der Waals surface area contributed by atoms with E-state index in [0.29, 0.717) is 19.3 Å². The van der Waals surface area contributed by atoms with Crippen molar-refractivity contribution < 1.29 is 28.6 Å². The predicted octanol–water partition coefficient (Wildman–Crippen LogP) is 20.1. The maximum atomic E-state index is 12.8. The summed E-state index contributed by atoms with van der Waals surface area (Å²) in [6.45, 7) is 6.64. The molecular formula is C61H116O6. The SMILES string of the molecule is CCCCCCCC/C=C\CCCCCCCC(=O)OC(COC(=O)CCCCCCCCC)COC(=O)CCCCCCCCCCCCCCCCCCCCCCCCCCCCC. The lowest BCUT2D eigenvalue weighted by atomic mass is 10.0. The number of allylic oxidation sites excluding steroid dienone is 2. The maximum Gasteiger partial charge on any atom is 0.306 e. The normalized spacial score (nSPS) is 12.0. The van der Waals surface area contributed by atoms with Crippen molar-refractivity contribution in [2.45, 2.75) is 348 Å². The van der Waals surface area contributed by atoms with Gasteiger partial charge in [-0.15, -0.1) is 0 Å². The highest BCUT2D eigenvalue weighted by molar-refractivity contribution is 5.71. The maximum absolute atomic E-state index is 12.8. The van der Waals surface area contributed by atoms with Gasteiger partial charge < -0.3 is 14.2 Å². The second-order valence-corrected chi connectivity index (χ2v) is 20.6. The zero-order valence-corrected chi connectivity index (χ0v) is 45.5. The first kappa shape index (κ1) is 65.1. The molecule has 1 atom stereocenters. The van der Waals surface area contributed by atoms with Crippen molar-refractivity contribution in [2.75, 3.05) is 13.2 Å². The van der Waals surface area contributed by atoms with E-state index in [-0.39, 0.29) is 31.1 Å². The molecule has 0 aromatic rings. The number of unbranched alkanes of at least 4 members (excludes halogenated alkanes) is 43. The Hall–Kier alpha value is -1.85. The summed E-state index contributed by atoms with van der Waals surface area (Å²) < 4.78 is 16.8. The standard InChI is InChI=1S/C61H116O6/c1-4-7-10-13-16-18-20-22-24-25-26-27-28-29-30-31-32-33-34-35-37-38-40-42-45-48-51-54-60(63)66-57-58(56-65-59(62)53-50-47-44-15-12-9-6-3)67-61(64)55-52-49-46-43-41-39-36-23-21-19-17-14-11-8-5-2/h23,36,58H,4-22,24-35,37-57H2,1-3H3/b36-23-. The Morgan fingerprint density at radius 1 is 0.284 bits per heavy atom. The number of esters is 3. The summed E-state index contributed by atoms with van der Waals surface area (Å²) in [5.74, 6) is -0.862. The fourth-order valence-electron chi connectivity index (χ4n) is 9.21. The zero-order valence-electron chi connectivity index (χ0n) is 45.5. The van der Waals surface area contributed by atoms with Gasteiger partial charge in [0.05, 0.1) is 0 Å². The van der Waals surface area contributed by atoms with E-state index in [1.807, 2.05) is 0 Å². The van der Waals surface area contributed by atoms with Crippen LogP contribution in [-0.4, -0.2) is 37.2 Å². The van der Waals surface area contributed by atoms with Gasteiger partial charge in [-0.3, -0.25) is 14.4 Å². The van der Waals surface area contributed by atoms with E-state index in [1.54, 1.807) is 0 Å². The lowest BCUT2D eigenvalue weighted by molar-refractivity contribution is -0.167. The molecule has 0 saturated heterocycles. The van der Waals surface area contributed by atoms with Crippen molar-refractivity contribution in [3.63, 3.8) is 0 Å². The van der Waals surface area contributed by atoms with E-state index in [1.165, 1.54) is 238 Å². The van der Waals surface area contributed by atoms with Gasteiger partial charge >= 0.3 is 17.9 Å². The minimum atomic E-state index is -0.767. The Labute approximate surface area is 418 Å². The van der Waals surface area contributed by atoms with Crippen LogP contribution in [0.25, 0.3) is 0 Å². The highest BCUT2D eigenvalue weighted by atomic mass is 16.6. The van der Waals surface area contributed by atoms with E-state index in [4.69, 9.17) is 14.2 Å². The molecule has 0 aromatic carbocycles. The molecule has 0 saturated carbocycles. The van der Waals surface area contributed by atoms with Gasteiger partial charge in [-0.1, -0.05) is 290 Å². The van der Waals surface area contributed by atoms with Gasteiger partial charge in [-0.25, -0.2) is 0 Å². The predicted molar refractivity (Wildman–Crippen MR) is 289 cm³/mol. The number of carbonyl (C=O) groups excluding carboxylic acids is 3. The van der Waals surface area contributed by atoms with E-state index < -0.39 is 6.10 Å². The molecule has 1 unspecified atom stereocenters. The van der Waals surface area contributed by atoms with Crippen LogP contribution in [-0.2, 0) is 28.6 Å². The molecule has 0 spiro atoms. The van der Waals surface area contributed by atoms with Gasteiger partial charge in [0.25, 0.3) is 0 Å². The minimum absolute atomic E-state index is 0.0683. The third kappa shape index (κ3) is 55.0. The topological polar surface area (TPSA) is 78.9 Å². The average molecular weight is 946 g/mol. The molecule has 0 aliphatic rings.